The number of halogens is 1. The van der Waals surface area contributed by atoms with Gasteiger partial charge < -0.3 is 4.74 Å². The minimum absolute atomic E-state index is 0.285. The van der Waals surface area contributed by atoms with Gasteiger partial charge in [0.15, 0.2) is 11.6 Å². The fourth-order valence-electron chi connectivity index (χ4n) is 3.42. The van der Waals surface area contributed by atoms with Crippen molar-refractivity contribution in [1.29, 1.82) is 0 Å². The largest absolute Gasteiger partial charge is 0.494 e. The second-order valence-electron chi connectivity index (χ2n) is 5.89. The van der Waals surface area contributed by atoms with Crippen molar-refractivity contribution in [1.82, 2.24) is 9.80 Å². The standard InChI is InChI=1S/C16H23FN2O/c1-20-16-10-13(4-5-15(16)17)11-18-9-6-14(12-18)19-7-2-3-8-19/h4-5,10,14H,2-3,6-9,11-12H2,1H3/t14-/m0/s1. The van der Waals surface area contributed by atoms with Crippen LogP contribution in [0.25, 0.3) is 0 Å². The van der Waals surface area contributed by atoms with Gasteiger partial charge >= 0.3 is 0 Å². The van der Waals surface area contributed by atoms with E-state index in [1.807, 2.05) is 12.1 Å². The fraction of sp³-hybridized carbons (Fsp3) is 0.625. The Morgan fingerprint density at radius 1 is 1.25 bits per heavy atom. The zero-order valence-corrected chi connectivity index (χ0v) is 12.1. The van der Waals surface area contributed by atoms with Gasteiger partial charge in [0.2, 0.25) is 0 Å². The van der Waals surface area contributed by atoms with Gasteiger partial charge in [-0.25, -0.2) is 4.39 Å². The molecule has 2 fully saturated rings. The van der Waals surface area contributed by atoms with E-state index in [4.69, 9.17) is 4.74 Å². The summed E-state index contributed by atoms with van der Waals surface area (Å²) < 4.78 is 18.5. The van der Waals surface area contributed by atoms with Crippen LogP contribution < -0.4 is 4.74 Å². The summed E-state index contributed by atoms with van der Waals surface area (Å²) in [6, 6.07) is 5.90. The summed E-state index contributed by atoms with van der Waals surface area (Å²) in [4.78, 5) is 5.10. The van der Waals surface area contributed by atoms with Crippen LogP contribution in [0, 0.1) is 5.82 Å². The lowest BCUT2D eigenvalue weighted by Gasteiger charge is -2.23. The maximum Gasteiger partial charge on any atom is 0.165 e. The van der Waals surface area contributed by atoms with E-state index >= 15 is 0 Å². The van der Waals surface area contributed by atoms with Gasteiger partial charge in [-0.05, 0) is 50.0 Å². The summed E-state index contributed by atoms with van der Waals surface area (Å²) in [6.45, 7) is 5.70. The summed E-state index contributed by atoms with van der Waals surface area (Å²) in [7, 11) is 1.52. The molecule has 0 radical (unpaired) electrons. The quantitative estimate of drug-likeness (QED) is 0.841. The highest BCUT2D eigenvalue weighted by Crippen LogP contribution is 2.24. The van der Waals surface area contributed by atoms with Crippen molar-refractivity contribution in [2.24, 2.45) is 0 Å². The van der Waals surface area contributed by atoms with E-state index in [0.29, 0.717) is 5.75 Å². The summed E-state index contributed by atoms with van der Waals surface area (Å²) in [5.41, 5.74) is 1.13. The molecule has 0 N–H and O–H groups in total. The third-order valence-corrected chi connectivity index (χ3v) is 4.53. The Hall–Kier alpha value is -1.13. The summed E-state index contributed by atoms with van der Waals surface area (Å²) in [5.74, 6) is 0.0606. The fourth-order valence-corrected chi connectivity index (χ4v) is 3.42. The molecular weight excluding hydrogens is 255 g/mol. The highest BCUT2D eigenvalue weighted by molar-refractivity contribution is 5.30. The molecule has 0 saturated carbocycles. The van der Waals surface area contributed by atoms with Crippen LogP contribution in [0.15, 0.2) is 18.2 Å². The SMILES string of the molecule is COc1cc(CN2CC[C@H](N3CCCC3)C2)ccc1F. The van der Waals surface area contributed by atoms with Crippen molar-refractivity contribution < 1.29 is 9.13 Å². The molecule has 2 aliphatic rings. The molecular formula is C16H23FN2O. The smallest absolute Gasteiger partial charge is 0.165 e. The third-order valence-electron chi connectivity index (χ3n) is 4.53. The Kier molecular flexibility index (Phi) is 4.22. The zero-order chi connectivity index (χ0) is 13.9. The van der Waals surface area contributed by atoms with Crippen molar-refractivity contribution in [3.8, 4) is 5.75 Å². The first kappa shape index (κ1) is 13.8. The maximum absolute atomic E-state index is 13.4. The number of methoxy groups -OCH3 is 1. The first-order valence-electron chi connectivity index (χ1n) is 7.55. The van der Waals surface area contributed by atoms with Crippen LogP contribution in [-0.2, 0) is 6.54 Å². The lowest BCUT2D eigenvalue weighted by atomic mass is 10.2. The monoisotopic (exact) mass is 278 g/mol. The van der Waals surface area contributed by atoms with Crippen molar-refractivity contribution in [3.05, 3.63) is 29.6 Å². The number of rotatable bonds is 4. The van der Waals surface area contributed by atoms with E-state index in [1.54, 1.807) is 0 Å². The van der Waals surface area contributed by atoms with Gasteiger partial charge in [0, 0.05) is 25.7 Å². The van der Waals surface area contributed by atoms with Gasteiger partial charge in [0.05, 0.1) is 7.11 Å². The lowest BCUT2D eigenvalue weighted by molar-refractivity contribution is 0.229. The first-order chi connectivity index (χ1) is 9.76. The molecule has 110 valence electrons. The average molecular weight is 278 g/mol. The molecule has 0 bridgehead atoms. The maximum atomic E-state index is 13.4. The average Bonchev–Trinajstić information content (AvgIpc) is 3.11. The number of benzene rings is 1. The molecule has 0 amide bonds. The third kappa shape index (κ3) is 2.96. The second kappa shape index (κ2) is 6.10. The molecule has 2 heterocycles. The van der Waals surface area contributed by atoms with E-state index in [0.717, 1.165) is 31.2 Å². The van der Waals surface area contributed by atoms with Gasteiger partial charge in [0.1, 0.15) is 0 Å². The molecule has 1 aromatic carbocycles. The van der Waals surface area contributed by atoms with E-state index in [2.05, 4.69) is 9.80 Å². The van der Waals surface area contributed by atoms with Crippen LogP contribution in [0.5, 0.6) is 5.75 Å². The van der Waals surface area contributed by atoms with Gasteiger partial charge in [-0.3, -0.25) is 9.80 Å². The Labute approximate surface area is 120 Å². The van der Waals surface area contributed by atoms with E-state index < -0.39 is 0 Å². The molecule has 3 rings (SSSR count). The molecule has 1 aromatic rings. The molecule has 4 heteroatoms. The summed E-state index contributed by atoms with van der Waals surface area (Å²) >= 11 is 0. The minimum atomic E-state index is -0.285. The predicted octanol–water partition coefficient (Wildman–Crippen LogP) is 2.50. The number of hydrogen-bond donors (Lipinski definition) is 0. The van der Waals surface area contributed by atoms with Crippen LogP contribution in [0.3, 0.4) is 0 Å². The first-order valence-corrected chi connectivity index (χ1v) is 7.55. The summed E-state index contributed by atoms with van der Waals surface area (Å²) in [6.07, 6.45) is 3.97. The molecule has 0 aliphatic carbocycles. The molecule has 2 saturated heterocycles. The van der Waals surface area contributed by atoms with Crippen LogP contribution in [0.1, 0.15) is 24.8 Å². The Morgan fingerprint density at radius 2 is 2.05 bits per heavy atom. The van der Waals surface area contributed by atoms with Crippen LogP contribution in [0.4, 0.5) is 4.39 Å². The molecule has 0 aromatic heterocycles. The predicted molar refractivity (Wildman–Crippen MR) is 77.4 cm³/mol. The van der Waals surface area contributed by atoms with Gasteiger partial charge in [0.25, 0.3) is 0 Å². The van der Waals surface area contributed by atoms with Crippen molar-refractivity contribution in [3.63, 3.8) is 0 Å². The second-order valence-corrected chi connectivity index (χ2v) is 5.89. The van der Waals surface area contributed by atoms with Crippen LogP contribution >= 0.6 is 0 Å². The Bertz CT molecular complexity index is 460. The molecule has 20 heavy (non-hydrogen) atoms. The van der Waals surface area contributed by atoms with Gasteiger partial charge in [-0.1, -0.05) is 6.07 Å². The van der Waals surface area contributed by atoms with Crippen LogP contribution in [0.2, 0.25) is 0 Å². The zero-order valence-electron chi connectivity index (χ0n) is 12.1. The van der Waals surface area contributed by atoms with Crippen molar-refractivity contribution in [2.45, 2.75) is 31.8 Å². The van der Waals surface area contributed by atoms with Gasteiger partial charge in [-0.2, -0.15) is 0 Å². The molecule has 0 spiro atoms. The Morgan fingerprint density at radius 3 is 2.80 bits per heavy atom. The summed E-state index contributed by atoms with van der Waals surface area (Å²) in [5, 5.41) is 0. The number of nitrogens with zero attached hydrogens (tertiary/aromatic N) is 2. The normalized spacial score (nSPS) is 24.4. The number of likely N-dealkylation sites (tertiary alicyclic amines) is 2. The molecule has 0 unspecified atom stereocenters. The molecule has 3 nitrogen and oxygen atoms in total. The van der Waals surface area contributed by atoms with E-state index in [1.165, 1.54) is 45.5 Å². The van der Waals surface area contributed by atoms with E-state index in [9.17, 15) is 4.39 Å². The molecule has 1 atom stereocenters. The van der Waals surface area contributed by atoms with Crippen molar-refractivity contribution >= 4 is 0 Å². The highest BCUT2D eigenvalue weighted by Gasteiger charge is 2.29. The number of hydrogen-bond acceptors (Lipinski definition) is 3. The number of ether oxygens (including phenoxy) is 1. The van der Waals surface area contributed by atoms with Crippen molar-refractivity contribution in [2.75, 3.05) is 33.3 Å². The highest BCUT2D eigenvalue weighted by atomic mass is 19.1. The topological polar surface area (TPSA) is 15.7 Å². The van der Waals surface area contributed by atoms with E-state index in [-0.39, 0.29) is 5.82 Å². The Balaban J connectivity index is 1.58. The van der Waals surface area contributed by atoms with Gasteiger partial charge in [-0.15, -0.1) is 0 Å². The lowest BCUT2D eigenvalue weighted by Crippen LogP contribution is -2.35. The van der Waals surface area contributed by atoms with Crippen LogP contribution in [-0.4, -0.2) is 49.1 Å². The molecule has 2 aliphatic heterocycles. The minimum Gasteiger partial charge on any atom is -0.494 e.